The number of carbonyl (C=O) groups is 1. The molecule has 0 aliphatic heterocycles. The molecule has 0 spiro atoms. The van der Waals surface area contributed by atoms with Crippen molar-refractivity contribution < 1.29 is 27.3 Å². The molecular formula is C19H18N4O7S. The zero-order chi connectivity index (χ0) is 22.4. The molecule has 31 heavy (non-hydrogen) atoms. The Hall–Kier alpha value is -3.80. The number of esters is 1. The van der Waals surface area contributed by atoms with Crippen molar-refractivity contribution in [2.24, 2.45) is 0 Å². The topological polar surface area (TPSA) is 155 Å². The van der Waals surface area contributed by atoms with Gasteiger partial charge in [0.25, 0.3) is 11.6 Å². The number of nitro benzene ring substituents is 1. The molecule has 0 aliphatic carbocycles. The van der Waals surface area contributed by atoms with Gasteiger partial charge in [-0.15, -0.1) is 10.2 Å². The van der Waals surface area contributed by atoms with Crippen LogP contribution in [0.25, 0.3) is 11.5 Å². The Balaban J connectivity index is 1.62. The van der Waals surface area contributed by atoms with Crippen molar-refractivity contribution in [3.05, 3.63) is 70.1 Å². The van der Waals surface area contributed by atoms with Gasteiger partial charge < -0.3 is 9.15 Å². The predicted octanol–water partition coefficient (Wildman–Crippen LogP) is 3.15. The summed E-state index contributed by atoms with van der Waals surface area (Å²) >= 11 is 0. The van der Waals surface area contributed by atoms with E-state index in [0.717, 1.165) is 0 Å². The lowest BCUT2D eigenvalue weighted by Gasteiger charge is -2.08. The number of ether oxygens (including phenoxy) is 1. The smallest absolute Gasteiger partial charge is 0.338 e. The van der Waals surface area contributed by atoms with Gasteiger partial charge in [-0.25, -0.2) is 13.2 Å². The number of nitro groups is 1. The van der Waals surface area contributed by atoms with Gasteiger partial charge in [-0.05, 0) is 36.8 Å². The molecule has 3 aromatic rings. The van der Waals surface area contributed by atoms with E-state index in [1.807, 2.05) is 0 Å². The molecule has 2 aromatic carbocycles. The highest BCUT2D eigenvalue weighted by atomic mass is 32.2. The van der Waals surface area contributed by atoms with Gasteiger partial charge in [0.15, 0.2) is 6.61 Å². The first-order valence-corrected chi connectivity index (χ1v) is 10.8. The third-order valence-electron chi connectivity index (χ3n) is 3.96. The summed E-state index contributed by atoms with van der Waals surface area (Å²) in [7, 11) is -3.49. The summed E-state index contributed by atoms with van der Waals surface area (Å²) in [6.45, 7) is 1.45. The summed E-state index contributed by atoms with van der Waals surface area (Å²) in [5, 5.41) is 18.3. The maximum atomic E-state index is 12.3. The van der Waals surface area contributed by atoms with Gasteiger partial charge in [0.2, 0.25) is 15.9 Å². The van der Waals surface area contributed by atoms with Crippen LogP contribution in [-0.4, -0.2) is 35.3 Å². The second-order valence-electron chi connectivity index (χ2n) is 6.38. The first kappa shape index (κ1) is 21.9. The number of anilines is 1. The Morgan fingerprint density at radius 3 is 2.61 bits per heavy atom. The normalized spacial score (nSPS) is 11.1. The lowest BCUT2D eigenvalue weighted by atomic mass is 10.2. The van der Waals surface area contributed by atoms with Crippen LogP contribution in [0.3, 0.4) is 0 Å². The molecule has 0 atom stereocenters. The quantitative estimate of drug-likeness (QED) is 0.296. The fourth-order valence-electron chi connectivity index (χ4n) is 2.57. The molecule has 0 radical (unpaired) electrons. The minimum atomic E-state index is -3.49. The van der Waals surface area contributed by atoms with Gasteiger partial charge >= 0.3 is 5.97 Å². The second kappa shape index (κ2) is 9.34. The van der Waals surface area contributed by atoms with Crippen LogP contribution in [-0.2, 0) is 21.4 Å². The van der Waals surface area contributed by atoms with Crippen molar-refractivity contribution in [1.82, 2.24) is 10.2 Å². The van der Waals surface area contributed by atoms with E-state index in [2.05, 4.69) is 14.9 Å². The zero-order valence-electron chi connectivity index (χ0n) is 16.3. The standard InChI is InChI=1S/C19H18N4O7S/c1-2-10-31(27,28)22-15-5-3-4-14(11-15)19(24)29-12-17-20-21-18(30-17)13-6-8-16(9-7-13)23(25)26/h3-9,11,22H,2,10,12H2,1H3. The third kappa shape index (κ3) is 5.85. The van der Waals surface area contributed by atoms with Gasteiger partial charge in [0.05, 0.1) is 16.2 Å². The van der Waals surface area contributed by atoms with Crippen molar-refractivity contribution in [2.75, 3.05) is 10.5 Å². The molecule has 11 nitrogen and oxygen atoms in total. The molecule has 3 rings (SSSR count). The number of non-ortho nitro benzene ring substituents is 1. The first-order valence-electron chi connectivity index (χ1n) is 9.12. The Morgan fingerprint density at radius 1 is 1.19 bits per heavy atom. The van der Waals surface area contributed by atoms with Crippen LogP contribution in [0, 0.1) is 10.1 Å². The molecule has 0 amide bonds. The van der Waals surface area contributed by atoms with Crippen molar-refractivity contribution >= 4 is 27.4 Å². The molecule has 0 saturated carbocycles. The molecule has 0 fully saturated rings. The number of nitrogens with zero attached hydrogens (tertiary/aromatic N) is 3. The van der Waals surface area contributed by atoms with E-state index < -0.39 is 20.9 Å². The fourth-order valence-corrected chi connectivity index (χ4v) is 3.70. The number of rotatable bonds is 9. The van der Waals surface area contributed by atoms with Crippen LogP contribution >= 0.6 is 0 Å². The third-order valence-corrected chi connectivity index (χ3v) is 5.46. The highest BCUT2D eigenvalue weighted by Crippen LogP contribution is 2.21. The van der Waals surface area contributed by atoms with E-state index in [4.69, 9.17) is 9.15 Å². The monoisotopic (exact) mass is 446 g/mol. The van der Waals surface area contributed by atoms with Crippen molar-refractivity contribution in [2.45, 2.75) is 20.0 Å². The maximum absolute atomic E-state index is 12.3. The first-order chi connectivity index (χ1) is 14.8. The van der Waals surface area contributed by atoms with Crippen molar-refractivity contribution in [1.29, 1.82) is 0 Å². The molecule has 0 aliphatic rings. The molecule has 0 saturated heterocycles. The zero-order valence-corrected chi connectivity index (χ0v) is 17.2. The van der Waals surface area contributed by atoms with Crippen LogP contribution in [0.5, 0.6) is 0 Å². The van der Waals surface area contributed by atoms with Crippen LogP contribution in [0.4, 0.5) is 11.4 Å². The number of hydrogen-bond acceptors (Lipinski definition) is 9. The maximum Gasteiger partial charge on any atom is 0.338 e. The SMILES string of the molecule is CCCS(=O)(=O)Nc1cccc(C(=O)OCc2nnc(-c3ccc([N+](=O)[O-])cc3)o2)c1. The minimum Gasteiger partial charge on any atom is -0.452 e. The molecule has 12 heteroatoms. The largest absolute Gasteiger partial charge is 0.452 e. The molecule has 162 valence electrons. The number of carbonyl (C=O) groups excluding carboxylic acids is 1. The van der Waals surface area contributed by atoms with Crippen LogP contribution in [0.15, 0.2) is 52.9 Å². The van der Waals surface area contributed by atoms with E-state index in [9.17, 15) is 23.3 Å². The average Bonchev–Trinajstić information content (AvgIpc) is 3.21. The number of aromatic nitrogens is 2. The summed E-state index contributed by atoms with van der Waals surface area (Å²) in [5.74, 6) is -0.586. The van der Waals surface area contributed by atoms with E-state index >= 15 is 0 Å². The van der Waals surface area contributed by atoms with Crippen LogP contribution in [0.2, 0.25) is 0 Å². The van der Waals surface area contributed by atoms with Gasteiger partial charge in [0, 0.05) is 23.4 Å². The van der Waals surface area contributed by atoms with Gasteiger partial charge in [0.1, 0.15) is 0 Å². The van der Waals surface area contributed by atoms with Crippen LogP contribution in [0.1, 0.15) is 29.6 Å². The highest BCUT2D eigenvalue weighted by Gasteiger charge is 2.15. The van der Waals surface area contributed by atoms with E-state index in [0.29, 0.717) is 12.0 Å². The molecule has 1 N–H and O–H groups in total. The van der Waals surface area contributed by atoms with Crippen molar-refractivity contribution in [3.8, 4) is 11.5 Å². The Bertz CT molecular complexity index is 1190. The molecule has 0 unspecified atom stereocenters. The summed E-state index contributed by atoms with van der Waals surface area (Å²) in [6, 6.07) is 11.4. The van der Waals surface area contributed by atoms with Gasteiger partial charge in [-0.3, -0.25) is 14.8 Å². The molecular weight excluding hydrogens is 428 g/mol. The lowest BCUT2D eigenvalue weighted by Crippen LogP contribution is -2.16. The summed E-state index contributed by atoms with van der Waals surface area (Å²) in [4.78, 5) is 22.5. The Morgan fingerprint density at radius 2 is 1.94 bits per heavy atom. The van der Waals surface area contributed by atoms with E-state index in [1.165, 1.54) is 48.5 Å². The number of sulfonamides is 1. The highest BCUT2D eigenvalue weighted by molar-refractivity contribution is 7.92. The fraction of sp³-hybridized carbons (Fsp3) is 0.211. The molecule has 1 aromatic heterocycles. The molecule has 1 heterocycles. The second-order valence-corrected chi connectivity index (χ2v) is 8.22. The van der Waals surface area contributed by atoms with Gasteiger partial charge in [-0.1, -0.05) is 13.0 Å². The Kier molecular flexibility index (Phi) is 6.60. The van der Waals surface area contributed by atoms with Crippen LogP contribution < -0.4 is 4.72 Å². The molecule has 0 bridgehead atoms. The van der Waals surface area contributed by atoms with E-state index in [1.54, 1.807) is 6.92 Å². The van der Waals surface area contributed by atoms with Gasteiger partial charge in [-0.2, -0.15) is 0 Å². The number of benzene rings is 2. The number of nitrogens with one attached hydrogen (secondary N) is 1. The lowest BCUT2D eigenvalue weighted by molar-refractivity contribution is -0.384. The summed E-state index contributed by atoms with van der Waals surface area (Å²) in [5.41, 5.74) is 0.798. The summed E-state index contributed by atoms with van der Waals surface area (Å²) in [6.07, 6.45) is 0.461. The van der Waals surface area contributed by atoms with E-state index in [-0.39, 0.29) is 41.1 Å². The Labute approximate surface area is 177 Å². The van der Waals surface area contributed by atoms with Crippen molar-refractivity contribution in [3.63, 3.8) is 0 Å². The number of hydrogen-bond donors (Lipinski definition) is 1. The minimum absolute atomic E-state index is 0.0292. The average molecular weight is 446 g/mol. The summed E-state index contributed by atoms with van der Waals surface area (Å²) < 4.78 is 36.7. The predicted molar refractivity (Wildman–Crippen MR) is 110 cm³/mol.